The van der Waals surface area contributed by atoms with Crippen LogP contribution in [0.3, 0.4) is 0 Å². The standard InChI is InChI=1S/C6H4F3N3O/c7-6(8,9)3-1-4(5(10)13)12-11-2-3/h1-2H,(H2,10,13). The second-order valence-corrected chi connectivity index (χ2v) is 2.19. The Kier molecular flexibility index (Phi) is 2.18. The number of nitrogens with two attached hydrogens (primary N) is 1. The lowest BCUT2D eigenvalue weighted by atomic mass is 10.2. The molecule has 0 saturated heterocycles. The van der Waals surface area contributed by atoms with Gasteiger partial charge in [0.25, 0.3) is 5.91 Å². The van der Waals surface area contributed by atoms with Crippen molar-refractivity contribution in [2.75, 3.05) is 0 Å². The third kappa shape index (κ3) is 2.14. The van der Waals surface area contributed by atoms with E-state index in [1.165, 1.54) is 0 Å². The first-order chi connectivity index (χ1) is 5.91. The van der Waals surface area contributed by atoms with E-state index >= 15 is 0 Å². The highest BCUT2D eigenvalue weighted by Gasteiger charge is 2.31. The molecule has 7 heteroatoms. The van der Waals surface area contributed by atoms with Crippen molar-refractivity contribution in [3.8, 4) is 0 Å². The van der Waals surface area contributed by atoms with Gasteiger partial charge in [0.15, 0.2) is 5.69 Å². The van der Waals surface area contributed by atoms with Crippen molar-refractivity contribution in [1.29, 1.82) is 0 Å². The molecule has 1 heterocycles. The van der Waals surface area contributed by atoms with Crippen LogP contribution in [0.15, 0.2) is 12.3 Å². The van der Waals surface area contributed by atoms with Crippen LogP contribution < -0.4 is 5.73 Å². The Morgan fingerprint density at radius 3 is 2.54 bits per heavy atom. The molecule has 0 fully saturated rings. The second-order valence-electron chi connectivity index (χ2n) is 2.19. The number of aromatic nitrogens is 2. The number of carbonyl (C=O) groups is 1. The van der Waals surface area contributed by atoms with Gasteiger partial charge in [-0.25, -0.2) is 0 Å². The molecule has 1 amide bonds. The predicted octanol–water partition coefficient (Wildman–Crippen LogP) is 0.594. The first-order valence-electron chi connectivity index (χ1n) is 3.11. The third-order valence-electron chi connectivity index (χ3n) is 1.23. The van der Waals surface area contributed by atoms with Gasteiger partial charge < -0.3 is 5.73 Å². The van der Waals surface area contributed by atoms with Crippen molar-refractivity contribution in [3.63, 3.8) is 0 Å². The fraction of sp³-hybridized carbons (Fsp3) is 0.167. The van der Waals surface area contributed by atoms with Gasteiger partial charge >= 0.3 is 6.18 Å². The van der Waals surface area contributed by atoms with E-state index in [-0.39, 0.29) is 0 Å². The average Bonchev–Trinajstić information content (AvgIpc) is 2.03. The summed E-state index contributed by atoms with van der Waals surface area (Å²) in [7, 11) is 0. The summed E-state index contributed by atoms with van der Waals surface area (Å²) in [4.78, 5) is 10.4. The van der Waals surface area contributed by atoms with Gasteiger partial charge in [0, 0.05) is 0 Å². The largest absolute Gasteiger partial charge is 0.418 e. The summed E-state index contributed by atoms with van der Waals surface area (Å²) in [5.41, 5.74) is 3.17. The van der Waals surface area contributed by atoms with Gasteiger partial charge in [0.05, 0.1) is 11.8 Å². The van der Waals surface area contributed by atoms with Crippen molar-refractivity contribution in [2.45, 2.75) is 6.18 Å². The van der Waals surface area contributed by atoms with E-state index < -0.39 is 23.3 Å². The number of amides is 1. The number of primary amides is 1. The molecule has 0 bridgehead atoms. The average molecular weight is 191 g/mol. The normalized spacial score (nSPS) is 11.3. The summed E-state index contributed by atoms with van der Waals surface area (Å²) < 4.78 is 36.0. The summed E-state index contributed by atoms with van der Waals surface area (Å²) in [6.07, 6.45) is -4.02. The first-order valence-corrected chi connectivity index (χ1v) is 3.11. The summed E-state index contributed by atoms with van der Waals surface area (Å²) in [6, 6.07) is 0.551. The minimum absolute atomic E-state index is 0.505. The van der Waals surface area contributed by atoms with Crippen LogP contribution in [-0.4, -0.2) is 16.1 Å². The van der Waals surface area contributed by atoms with Gasteiger partial charge in [-0.2, -0.15) is 18.3 Å². The lowest BCUT2D eigenvalue weighted by molar-refractivity contribution is -0.137. The maximum absolute atomic E-state index is 12.0. The molecule has 0 atom stereocenters. The van der Waals surface area contributed by atoms with Crippen LogP contribution in [0.1, 0.15) is 16.1 Å². The van der Waals surface area contributed by atoms with Crippen LogP contribution in [0.4, 0.5) is 13.2 Å². The molecule has 0 unspecified atom stereocenters. The molecular weight excluding hydrogens is 187 g/mol. The minimum atomic E-state index is -4.54. The number of hydrogen-bond acceptors (Lipinski definition) is 3. The zero-order chi connectivity index (χ0) is 10.1. The third-order valence-corrected chi connectivity index (χ3v) is 1.23. The van der Waals surface area contributed by atoms with Gasteiger partial charge in [0.1, 0.15) is 0 Å². The highest BCUT2D eigenvalue weighted by molar-refractivity contribution is 5.90. The summed E-state index contributed by atoms with van der Waals surface area (Å²) in [5, 5.41) is 6.13. The van der Waals surface area contributed by atoms with Crippen LogP contribution in [0, 0.1) is 0 Å². The lowest BCUT2D eigenvalue weighted by Crippen LogP contribution is -2.16. The van der Waals surface area contributed by atoms with Crippen molar-refractivity contribution < 1.29 is 18.0 Å². The highest BCUT2D eigenvalue weighted by Crippen LogP contribution is 2.28. The number of hydrogen-bond donors (Lipinski definition) is 1. The van der Waals surface area contributed by atoms with Gasteiger partial charge in [-0.1, -0.05) is 0 Å². The molecule has 13 heavy (non-hydrogen) atoms. The van der Waals surface area contributed by atoms with Crippen LogP contribution in [0.25, 0.3) is 0 Å². The van der Waals surface area contributed by atoms with Crippen molar-refractivity contribution in [1.82, 2.24) is 10.2 Å². The summed E-state index contributed by atoms with van der Waals surface area (Å²) in [6.45, 7) is 0. The molecule has 4 nitrogen and oxygen atoms in total. The number of nitrogens with zero attached hydrogens (tertiary/aromatic N) is 2. The molecular formula is C6H4F3N3O. The fourth-order valence-corrected chi connectivity index (χ4v) is 0.642. The second kappa shape index (κ2) is 3.00. The Balaban J connectivity index is 3.13. The van der Waals surface area contributed by atoms with E-state index in [9.17, 15) is 18.0 Å². The highest BCUT2D eigenvalue weighted by atomic mass is 19.4. The summed E-state index contributed by atoms with van der Waals surface area (Å²) in [5.74, 6) is -1.04. The number of alkyl halides is 3. The molecule has 70 valence electrons. The van der Waals surface area contributed by atoms with Crippen LogP contribution in [0.5, 0.6) is 0 Å². The van der Waals surface area contributed by atoms with E-state index in [4.69, 9.17) is 5.73 Å². The molecule has 1 aromatic heterocycles. The van der Waals surface area contributed by atoms with Gasteiger partial charge in [-0.05, 0) is 6.07 Å². The molecule has 0 aliphatic rings. The van der Waals surface area contributed by atoms with Crippen LogP contribution in [0.2, 0.25) is 0 Å². The molecule has 0 radical (unpaired) electrons. The Bertz CT molecular complexity index is 336. The maximum atomic E-state index is 12.0. The first kappa shape index (κ1) is 9.43. The van der Waals surface area contributed by atoms with E-state index in [1.807, 2.05) is 0 Å². The lowest BCUT2D eigenvalue weighted by Gasteiger charge is -2.04. The number of rotatable bonds is 1. The minimum Gasteiger partial charge on any atom is -0.364 e. The zero-order valence-electron chi connectivity index (χ0n) is 6.17. The van der Waals surface area contributed by atoms with E-state index in [1.54, 1.807) is 0 Å². The molecule has 0 spiro atoms. The van der Waals surface area contributed by atoms with Gasteiger partial charge in [-0.15, -0.1) is 5.10 Å². The predicted molar refractivity (Wildman–Crippen MR) is 35.6 cm³/mol. The Hall–Kier alpha value is -1.66. The maximum Gasteiger partial charge on any atom is 0.418 e. The fourth-order valence-electron chi connectivity index (χ4n) is 0.642. The molecule has 0 aliphatic heterocycles. The summed E-state index contributed by atoms with van der Waals surface area (Å²) >= 11 is 0. The van der Waals surface area contributed by atoms with Crippen LogP contribution in [-0.2, 0) is 6.18 Å². The SMILES string of the molecule is NC(=O)c1cc(C(F)(F)F)cnn1. The Morgan fingerprint density at radius 1 is 1.46 bits per heavy atom. The number of halogens is 3. The Labute approximate surface area is 70.6 Å². The van der Waals surface area contributed by atoms with Crippen LogP contribution >= 0.6 is 0 Å². The van der Waals surface area contributed by atoms with Gasteiger partial charge in [-0.3, -0.25) is 4.79 Å². The molecule has 1 rings (SSSR count). The molecule has 0 aliphatic carbocycles. The van der Waals surface area contributed by atoms with E-state index in [0.717, 1.165) is 0 Å². The topological polar surface area (TPSA) is 68.9 Å². The molecule has 1 aromatic rings. The molecule has 2 N–H and O–H groups in total. The van der Waals surface area contributed by atoms with Gasteiger partial charge in [0.2, 0.25) is 0 Å². The molecule has 0 saturated carbocycles. The van der Waals surface area contributed by atoms with E-state index in [0.29, 0.717) is 12.3 Å². The van der Waals surface area contributed by atoms with Crippen molar-refractivity contribution >= 4 is 5.91 Å². The quantitative estimate of drug-likeness (QED) is 0.706. The smallest absolute Gasteiger partial charge is 0.364 e. The van der Waals surface area contributed by atoms with Crippen molar-refractivity contribution in [2.24, 2.45) is 5.73 Å². The van der Waals surface area contributed by atoms with E-state index in [2.05, 4.69) is 10.2 Å². The monoisotopic (exact) mass is 191 g/mol. The van der Waals surface area contributed by atoms with Crippen molar-refractivity contribution in [3.05, 3.63) is 23.5 Å². The number of carbonyl (C=O) groups excluding carboxylic acids is 1. The Morgan fingerprint density at radius 2 is 2.08 bits per heavy atom. The molecule has 0 aromatic carbocycles. The zero-order valence-corrected chi connectivity index (χ0v) is 6.17.